The van der Waals surface area contributed by atoms with Crippen molar-refractivity contribution in [2.45, 2.75) is 136 Å². The third kappa shape index (κ3) is 20.8. The van der Waals surface area contributed by atoms with Crippen LogP contribution >= 0.6 is 8.60 Å². The topological polar surface area (TPSA) is 143 Å². The fraction of sp³-hybridized carbons (Fsp3) is 0.926. The molecule has 10 heteroatoms. The minimum atomic E-state index is -2.15. The van der Waals surface area contributed by atoms with Crippen LogP contribution in [0.1, 0.15) is 118 Å². The van der Waals surface area contributed by atoms with Gasteiger partial charge >= 0.3 is 20.5 Å². The summed E-state index contributed by atoms with van der Waals surface area (Å²) in [6.45, 7) is 8.55. The zero-order valence-electron chi connectivity index (χ0n) is 23.5. The molecule has 0 aromatic heterocycles. The van der Waals surface area contributed by atoms with Gasteiger partial charge in [-0.2, -0.15) is 0 Å². The van der Waals surface area contributed by atoms with Crippen molar-refractivity contribution < 1.29 is 43.6 Å². The highest BCUT2D eigenvalue weighted by molar-refractivity contribution is 7.40. The number of unbranched alkanes of at least 4 members (excludes halogenated alkanes) is 8. The number of esters is 1. The average Bonchev–Trinajstić information content (AvgIpc) is 2.84. The minimum Gasteiger partial charge on any atom is -0.481 e. The number of carbonyl (C=O) groups is 2. The van der Waals surface area contributed by atoms with Crippen molar-refractivity contribution in [2.24, 2.45) is 11.8 Å². The Kier molecular flexibility index (Phi) is 22.6. The van der Waals surface area contributed by atoms with Gasteiger partial charge in [-0.3, -0.25) is 9.59 Å². The molecule has 220 valence electrons. The molecule has 4 N–H and O–H groups in total. The van der Waals surface area contributed by atoms with E-state index in [4.69, 9.17) is 18.9 Å². The lowest BCUT2D eigenvalue weighted by molar-refractivity contribution is -0.145. The summed E-state index contributed by atoms with van der Waals surface area (Å²) in [5.41, 5.74) is 0. The van der Waals surface area contributed by atoms with Gasteiger partial charge in [0.15, 0.2) is 0 Å². The second-order valence-electron chi connectivity index (χ2n) is 10.3. The Hall–Kier alpha value is -0.830. The summed E-state index contributed by atoms with van der Waals surface area (Å²) >= 11 is 0. The second-order valence-corrected chi connectivity index (χ2v) is 11.3. The first kappa shape index (κ1) is 36.2. The van der Waals surface area contributed by atoms with E-state index in [0.29, 0.717) is 25.7 Å². The Labute approximate surface area is 225 Å². The van der Waals surface area contributed by atoms with Gasteiger partial charge in [0, 0.05) is 18.8 Å². The molecule has 1 saturated carbocycles. The van der Waals surface area contributed by atoms with Crippen LogP contribution < -0.4 is 0 Å². The lowest BCUT2D eigenvalue weighted by Crippen LogP contribution is -2.44. The van der Waals surface area contributed by atoms with Crippen molar-refractivity contribution >= 4 is 20.5 Å². The number of ether oxygens (including phenoxy) is 1. The van der Waals surface area contributed by atoms with Gasteiger partial charge in [-0.25, -0.2) is 0 Å². The summed E-state index contributed by atoms with van der Waals surface area (Å²) in [5.74, 6) is -0.738. The van der Waals surface area contributed by atoms with E-state index in [0.717, 1.165) is 32.1 Å². The molecule has 9 nitrogen and oxygen atoms in total. The third-order valence-corrected chi connectivity index (χ3v) is 7.08. The maximum Gasteiger partial charge on any atom is 0.330 e. The van der Waals surface area contributed by atoms with Gasteiger partial charge in [0.25, 0.3) is 0 Å². The molecule has 6 atom stereocenters. The molecule has 0 aliphatic heterocycles. The van der Waals surface area contributed by atoms with Gasteiger partial charge in [-0.05, 0) is 31.6 Å². The molecule has 0 aromatic rings. The predicted octanol–water partition coefficient (Wildman–Crippen LogP) is 5.73. The number of carbonyl (C=O) groups excluding carboxylic acids is 1. The summed E-state index contributed by atoms with van der Waals surface area (Å²) in [4.78, 5) is 31.7. The Morgan fingerprint density at radius 3 is 2.03 bits per heavy atom. The summed E-state index contributed by atoms with van der Waals surface area (Å²) in [5, 5.41) is 28.0. The van der Waals surface area contributed by atoms with E-state index in [1.807, 2.05) is 13.8 Å². The Balaban J connectivity index is 0.00000109. The summed E-state index contributed by atoms with van der Waals surface area (Å²) in [6.07, 6.45) is 10.3. The molecule has 0 amide bonds. The number of carboxylic acid groups (broad SMARTS) is 1. The molecule has 0 radical (unpaired) electrons. The van der Waals surface area contributed by atoms with Gasteiger partial charge in [0.05, 0.1) is 25.4 Å². The molecule has 0 spiro atoms. The van der Waals surface area contributed by atoms with Crippen molar-refractivity contribution in [1.29, 1.82) is 0 Å². The number of hydrogen-bond donors (Lipinski definition) is 4. The fourth-order valence-corrected chi connectivity index (χ4v) is 4.87. The first-order valence-corrected chi connectivity index (χ1v) is 15.3. The van der Waals surface area contributed by atoms with Gasteiger partial charge < -0.3 is 34.0 Å². The molecule has 0 heterocycles. The number of aliphatic hydroxyl groups excluding tert-OH is 2. The smallest absolute Gasteiger partial charge is 0.330 e. The van der Waals surface area contributed by atoms with Crippen LogP contribution in [0.15, 0.2) is 0 Å². The van der Waals surface area contributed by atoms with Crippen LogP contribution in [0.25, 0.3) is 0 Å². The summed E-state index contributed by atoms with van der Waals surface area (Å²) in [7, 11) is -2.15. The van der Waals surface area contributed by atoms with Crippen molar-refractivity contribution in [1.82, 2.24) is 0 Å². The number of aliphatic carboxylic acids is 1. The van der Waals surface area contributed by atoms with E-state index in [-0.39, 0.29) is 31.0 Å². The van der Waals surface area contributed by atoms with Crippen molar-refractivity contribution in [3.63, 3.8) is 0 Å². The van der Waals surface area contributed by atoms with Crippen LogP contribution in [0.3, 0.4) is 0 Å². The Morgan fingerprint density at radius 2 is 1.46 bits per heavy atom. The van der Waals surface area contributed by atoms with E-state index < -0.39 is 32.9 Å². The average molecular weight is 553 g/mol. The van der Waals surface area contributed by atoms with Gasteiger partial charge in [-0.15, -0.1) is 0 Å². The third-order valence-electron chi connectivity index (χ3n) is 6.26. The van der Waals surface area contributed by atoms with Crippen LogP contribution in [0.5, 0.6) is 0 Å². The molecule has 0 bridgehead atoms. The van der Waals surface area contributed by atoms with Crippen LogP contribution in [-0.4, -0.2) is 63.7 Å². The SMILES string of the molecule is CCCCCCCC(=O)O.CCCCCCCC(=O)OCC(C)COP(O)OC1CC(C)CC(O)C1O. The van der Waals surface area contributed by atoms with Crippen LogP contribution in [-0.2, 0) is 23.4 Å². The Morgan fingerprint density at radius 1 is 0.892 bits per heavy atom. The fourth-order valence-electron chi connectivity index (χ4n) is 3.98. The van der Waals surface area contributed by atoms with E-state index in [1.54, 1.807) is 0 Å². The van der Waals surface area contributed by atoms with Crippen molar-refractivity contribution in [3.05, 3.63) is 0 Å². The molecule has 1 aliphatic rings. The van der Waals surface area contributed by atoms with Gasteiger partial charge in [0.1, 0.15) is 6.10 Å². The monoisotopic (exact) mass is 552 g/mol. The van der Waals surface area contributed by atoms with Crippen molar-refractivity contribution in [3.8, 4) is 0 Å². The van der Waals surface area contributed by atoms with E-state index in [2.05, 4.69) is 13.8 Å². The summed E-state index contributed by atoms with van der Waals surface area (Å²) in [6, 6.07) is 0. The van der Waals surface area contributed by atoms with E-state index in [1.165, 1.54) is 32.1 Å². The molecule has 1 rings (SSSR count). The lowest BCUT2D eigenvalue weighted by Gasteiger charge is -2.35. The normalized spacial score (nSPS) is 23.0. The maximum absolute atomic E-state index is 11.7. The van der Waals surface area contributed by atoms with E-state index in [9.17, 15) is 24.7 Å². The Bertz CT molecular complexity index is 578. The maximum atomic E-state index is 11.7. The molecule has 0 saturated heterocycles. The zero-order chi connectivity index (χ0) is 28.1. The predicted molar refractivity (Wildman–Crippen MR) is 145 cm³/mol. The van der Waals surface area contributed by atoms with Crippen LogP contribution in [0, 0.1) is 11.8 Å². The minimum absolute atomic E-state index is 0.0735. The molecule has 6 unspecified atom stereocenters. The molecule has 1 fully saturated rings. The van der Waals surface area contributed by atoms with Crippen LogP contribution in [0.2, 0.25) is 0 Å². The molecular weight excluding hydrogens is 499 g/mol. The highest BCUT2D eigenvalue weighted by atomic mass is 31.2. The van der Waals surface area contributed by atoms with Crippen molar-refractivity contribution in [2.75, 3.05) is 13.2 Å². The van der Waals surface area contributed by atoms with E-state index >= 15 is 0 Å². The van der Waals surface area contributed by atoms with Gasteiger partial charge in [-0.1, -0.05) is 79.1 Å². The largest absolute Gasteiger partial charge is 0.481 e. The second kappa shape index (κ2) is 23.1. The first-order valence-electron chi connectivity index (χ1n) is 14.1. The summed E-state index contributed by atoms with van der Waals surface area (Å²) < 4.78 is 15.9. The number of carboxylic acids is 1. The number of hydrogen-bond acceptors (Lipinski definition) is 8. The highest BCUT2D eigenvalue weighted by Gasteiger charge is 2.36. The lowest BCUT2D eigenvalue weighted by atomic mass is 9.85. The zero-order valence-corrected chi connectivity index (χ0v) is 24.4. The number of rotatable bonds is 19. The molecule has 1 aliphatic carbocycles. The van der Waals surface area contributed by atoms with Gasteiger partial charge in [0.2, 0.25) is 0 Å². The quantitative estimate of drug-likeness (QED) is 0.0897. The van der Waals surface area contributed by atoms with Crippen LogP contribution in [0.4, 0.5) is 0 Å². The highest BCUT2D eigenvalue weighted by Crippen LogP contribution is 2.40. The first-order chi connectivity index (χ1) is 17.6. The molecular formula is C27H53O9P. The molecule has 37 heavy (non-hydrogen) atoms. The molecule has 0 aromatic carbocycles. The number of aliphatic hydroxyl groups is 2. The standard InChI is InChI=1S/C19H37O7P.C8H16O2/c1-4-5-6-7-8-9-18(21)24-12-15(3)13-25-27(23)26-17-11-14(2)10-16(20)19(17)22;1-2-3-4-5-6-7-8(9)10/h14-17,19-20,22-23H,4-13H2,1-3H3;2-7H2,1H3,(H,9,10).